The maximum Gasteiger partial charge on any atom is 0.290 e. The van der Waals surface area contributed by atoms with Gasteiger partial charge in [-0.25, -0.2) is 0 Å². The lowest BCUT2D eigenvalue weighted by atomic mass is 11.0. The van der Waals surface area contributed by atoms with E-state index in [9.17, 15) is 4.79 Å². The maximum atomic E-state index is 9.91. The van der Waals surface area contributed by atoms with Crippen LogP contribution >= 0.6 is 33.2 Å². The van der Waals surface area contributed by atoms with Crippen LogP contribution in [0.25, 0.3) is 0 Å². The van der Waals surface area contributed by atoms with Crippen LogP contribution in [-0.4, -0.2) is 10.3 Å². The van der Waals surface area contributed by atoms with Gasteiger partial charge in [-0.2, -0.15) is 0 Å². The van der Waals surface area contributed by atoms with Crippen molar-refractivity contribution < 1.29 is 4.79 Å². The van der Waals surface area contributed by atoms with Crippen molar-refractivity contribution in [1.29, 1.82) is 0 Å². The van der Waals surface area contributed by atoms with E-state index in [0.29, 0.717) is 0 Å². The van der Waals surface area contributed by atoms with Gasteiger partial charge in [-0.15, -0.1) is 0 Å². The Kier molecular flexibility index (Phi) is 5.26. The van der Waals surface area contributed by atoms with Crippen LogP contribution in [0.3, 0.4) is 0 Å². The van der Waals surface area contributed by atoms with Crippen molar-refractivity contribution in [3.8, 4) is 0 Å². The van der Waals surface area contributed by atoms with Gasteiger partial charge < -0.3 is 0 Å². The first-order chi connectivity index (χ1) is 3.27. The largest absolute Gasteiger partial charge is 0.290 e. The molecule has 0 radical (unpaired) electrons. The van der Waals surface area contributed by atoms with Crippen molar-refractivity contribution in [3.63, 3.8) is 0 Å². The van der Waals surface area contributed by atoms with Crippen LogP contribution in [0.1, 0.15) is 6.92 Å². The predicted octanol–water partition coefficient (Wildman–Crippen LogP) is 2.75. The standard InChI is InChI=1S/C3H5ClOS2/c1-2-6-7-3(4)5/h2H2,1H3. The number of halogens is 1. The van der Waals surface area contributed by atoms with Gasteiger partial charge in [0, 0.05) is 5.75 Å². The van der Waals surface area contributed by atoms with Gasteiger partial charge in [0.05, 0.1) is 0 Å². The molecule has 0 aliphatic rings. The molecule has 0 bridgehead atoms. The Labute approximate surface area is 55.6 Å². The highest BCUT2D eigenvalue weighted by molar-refractivity contribution is 8.82. The van der Waals surface area contributed by atoms with Crippen molar-refractivity contribution in [1.82, 2.24) is 0 Å². The summed E-state index contributed by atoms with van der Waals surface area (Å²) in [6.07, 6.45) is 0. The minimum absolute atomic E-state index is 0.341. The Morgan fingerprint density at radius 1 is 1.86 bits per heavy atom. The second-order valence-corrected chi connectivity index (χ2v) is 3.85. The Morgan fingerprint density at radius 3 is 2.57 bits per heavy atom. The van der Waals surface area contributed by atoms with Gasteiger partial charge in [-0.3, -0.25) is 4.79 Å². The number of hydrogen-bond acceptors (Lipinski definition) is 3. The Hall–Kier alpha value is 0.660. The minimum Gasteiger partial charge on any atom is -0.267 e. The Balaban J connectivity index is 2.82. The SMILES string of the molecule is CCSSC(=O)Cl. The normalized spacial score (nSPS) is 8.86. The fraction of sp³-hybridized carbons (Fsp3) is 0.667. The summed E-state index contributed by atoms with van der Waals surface area (Å²) in [5, 5.41) is 0. The molecule has 0 aromatic heterocycles. The minimum atomic E-state index is -0.341. The van der Waals surface area contributed by atoms with E-state index in [1.54, 1.807) is 0 Å². The highest BCUT2D eigenvalue weighted by Gasteiger charge is 1.92. The first-order valence-electron chi connectivity index (χ1n) is 1.76. The molecule has 1 nitrogen and oxygen atoms in total. The van der Waals surface area contributed by atoms with Crippen LogP contribution in [0, 0.1) is 0 Å². The molecule has 4 heteroatoms. The molecule has 42 valence electrons. The molecule has 0 aliphatic carbocycles. The number of carbonyl (C=O) groups is 1. The van der Waals surface area contributed by atoms with Gasteiger partial charge in [0.1, 0.15) is 0 Å². The van der Waals surface area contributed by atoms with E-state index in [1.807, 2.05) is 6.92 Å². The van der Waals surface area contributed by atoms with Gasteiger partial charge in [0.15, 0.2) is 0 Å². The van der Waals surface area contributed by atoms with Crippen molar-refractivity contribution >= 4 is 37.8 Å². The van der Waals surface area contributed by atoms with Crippen LogP contribution in [0.5, 0.6) is 0 Å². The topological polar surface area (TPSA) is 17.1 Å². The molecule has 0 atom stereocenters. The van der Waals surface area contributed by atoms with Gasteiger partial charge in [0.2, 0.25) is 0 Å². The zero-order chi connectivity index (χ0) is 5.70. The molecule has 0 aliphatic heterocycles. The molecule has 0 aromatic carbocycles. The lowest BCUT2D eigenvalue weighted by molar-refractivity contribution is 0.276. The summed E-state index contributed by atoms with van der Waals surface area (Å²) in [5.41, 5.74) is 0. The number of carbonyl (C=O) groups excluding carboxylic acids is 1. The van der Waals surface area contributed by atoms with Crippen molar-refractivity contribution in [3.05, 3.63) is 0 Å². The average Bonchev–Trinajstić information content (AvgIpc) is 1.61. The van der Waals surface area contributed by atoms with Crippen molar-refractivity contribution in [2.24, 2.45) is 0 Å². The molecule has 7 heavy (non-hydrogen) atoms. The molecule has 0 saturated heterocycles. The quantitative estimate of drug-likeness (QED) is 0.452. The van der Waals surface area contributed by atoms with E-state index in [-0.39, 0.29) is 4.57 Å². The van der Waals surface area contributed by atoms with Gasteiger partial charge in [-0.05, 0) is 22.4 Å². The fourth-order valence-electron chi connectivity index (χ4n) is 0.105. The monoisotopic (exact) mass is 156 g/mol. The summed E-state index contributed by atoms with van der Waals surface area (Å²) >= 11 is 4.96. The summed E-state index contributed by atoms with van der Waals surface area (Å²) in [5.74, 6) is 0.920. The first kappa shape index (κ1) is 7.66. The van der Waals surface area contributed by atoms with E-state index in [2.05, 4.69) is 0 Å². The maximum absolute atomic E-state index is 9.91. The molecule has 0 fully saturated rings. The van der Waals surface area contributed by atoms with Crippen LogP contribution in [0.2, 0.25) is 0 Å². The molecule has 0 spiro atoms. The first-order valence-corrected chi connectivity index (χ1v) is 4.46. The Bertz CT molecular complexity index is 66.0. The van der Waals surface area contributed by atoms with Crippen molar-refractivity contribution in [2.75, 3.05) is 5.75 Å². The summed E-state index contributed by atoms with van der Waals surface area (Å²) < 4.78 is -0.341. The molecule has 0 unspecified atom stereocenters. The molecule has 0 heterocycles. The van der Waals surface area contributed by atoms with Gasteiger partial charge in [0.25, 0.3) is 4.57 Å². The van der Waals surface area contributed by atoms with Gasteiger partial charge in [-0.1, -0.05) is 17.7 Å². The third kappa shape index (κ3) is 6.66. The number of hydrogen-bond donors (Lipinski definition) is 0. The summed E-state index contributed by atoms with van der Waals surface area (Å²) in [7, 11) is 2.53. The lowest BCUT2D eigenvalue weighted by Gasteiger charge is -1.83. The van der Waals surface area contributed by atoms with Crippen LogP contribution < -0.4 is 0 Å². The lowest BCUT2D eigenvalue weighted by Crippen LogP contribution is -1.64. The smallest absolute Gasteiger partial charge is 0.267 e. The summed E-state index contributed by atoms with van der Waals surface area (Å²) in [6.45, 7) is 1.97. The second-order valence-electron chi connectivity index (χ2n) is 0.727. The molecule has 0 rings (SSSR count). The molecule has 0 saturated carbocycles. The molecular formula is C3H5ClOS2. The van der Waals surface area contributed by atoms with E-state index >= 15 is 0 Å². The van der Waals surface area contributed by atoms with E-state index in [4.69, 9.17) is 11.6 Å². The molecule has 0 aromatic rings. The highest BCUT2D eigenvalue weighted by Crippen LogP contribution is 2.23. The molecule has 0 N–H and O–H groups in total. The third-order valence-corrected chi connectivity index (χ3v) is 2.75. The molecular weight excluding hydrogens is 152 g/mol. The zero-order valence-electron chi connectivity index (χ0n) is 3.81. The summed E-state index contributed by atoms with van der Waals surface area (Å²) in [4.78, 5) is 9.91. The number of rotatable bonds is 2. The highest BCUT2D eigenvalue weighted by atomic mass is 35.5. The van der Waals surface area contributed by atoms with E-state index < -0.39 is 0 Å². The van der Waals surface area contributed by atoms with Crippen LogP contribution in [0.4, 0.5) is 4.79 Å². The van der Waals surface area contributed by atoms with Crippen LogP contribution in [0.15, 0.2) is 0 Å². The zero-order valence-corrected chi connectivity index (χ0v) is 6.20. The average molecular weight is 157 g/mol. The van der Waals surface area contributed by atoms with E-state index in [0.717, 1.165) is 16.5 Å². The van der Waals surface area contributed by atoms with E-state index in [1.165, 1.54) is 10.8 Å². The van der Waals surface area contributed by atoms with Crippen LogP contribution in [-0.2, 0) is 0 Å². The fourth-order valence-corrected chi connectivity index (χ4v) is 1.35. The summed E-state index contributed by atoms with van der Waals surface area (Å²) in [6, 6.07) is 0. The molecule has 0 amide bonds. The second kappa shape index (κ2) is 4.81. The third-order valence-electron chi connectivity index (χ3n) is 0.242. The van der Waals surface area contributed by atoms with Gasteiger partial charge >= 0.3 is 0 Å². The Morgan fingerprint density at radius 2 is 2.43 bits per heavy atom. The predicted molar refractivity (Wildman–Crippen MR) is 37.0 cm³/mol. The van der Waals surface area contributed by atoms with Crippen molar-refractivity contribution in [2.45, 2.75) is 6.92 Å².